The van der Waals surface area contributed by atoms with E-state index in [-0.39, 0.29) is 12.4 Å². The molecule has 1 saturated carbocycles. The van der Waals surface area contributed by atoms with Crippen LogP contribution in [0.25, 0.3) is 5.57 Å². The molecule has 2 aliphatic rings. The van der Waals surface area contributed by atoms with Gasteiger partial charge in [0, 0.05) is 17.1 Å². The van der Waals surface area contributed by atoms with Gasteiger partial charge >= 0.3 is 0 Å². The molecule has 1 aromatic carbocycles. The zero-order valence-electron chi connectivity index (χ0n) is 13.5. The minimum Gasteiger partial charge on any atom is -0.293 e. The summed E-state index contributed by atoms with van der Waals surface area (Å²) >= 11 is 6.08. The molecular weight excluding hydrogens is 313 g/mol. The number of halogens is 2. The Morgan fingerprint density at radius 3 is 2.41 bits per heavy atom. The van der Waals surface area contributed by atoms with Gasteiger partial charge in [-0.15, -0.1) is 12.4 Å². The lowest BCUT2D eigenvalue weighted by atomic mass is 9.70. The second kappa shape index (κ2) is 7.86. The van der Waals surface area contributed by atoms with E-state index in [2.05, 4.69) is 30.0 Å². The highest BCUT2D eigenvalue weighted by atomic mass is 35.5. The third-order valence-corrected chi connectivity index (χ3v) is 5.44. The van der Waals surface area contributed by atoms with E-state index in [4.69, 9.17) is 11.6 Å². The van der Waals surface area contributed by atoms with Crippen molar-refractivity contribution < 1.29 is 0 Å². The Bertz CT molecular complexity index is 501. The van der Waals surface area contributed by atoms with Crippen LogP contribution < -0.4 is 0 Å². The summed E-state index contributed by atoms with van der Waals surface area (Å²) in [4.78, 5) is 2.77. The fourth-order valence-corrected chi connectivity index (χ4v) is 4.40. The van der Waals surface area contributed by atoms with Gasteiger partial charge in [0.1, 0.15) is 0 Å². The summed E-state index contributed by atoms with van der Waals surface area (Å²) in [5, 5.41) is 0.832. The number of rotatable bonds is 3. The van der Waals surface area contributed by atoms with Crippen LogP contribution in [0.5, 0.6) is 0 Å². The van der Waals surface area contributed by atoms with Crippen LogP contribution in [-0.4, -0.2) is 23.5 Å². The van der Waals surface area contributed by atoms with E-state index in [9.17, 15) is 0 Å². The van der Waals surface area contributed by atoms with Gasteiger partial charge in [0.25, 0.3) is 0 Å². The Labute approximate surface area is 146 Å². The van der Waals surface area contributed by atoms with Gasteiger partial charge in [-0.05, 0) is 55.5 Å². The molecule has 1 aliphatic heterocycles. The van der Waals surface area contributed by atoms with Gasteiger partial charge in [-0.1, -0.05) is 56.0 Å². The highest BCUT2D eigenvalue weighted by molar-refractivity contribution is 6.30. The average Bonchev–Trinajstić information content (AvgIpc) is 2.52. The molecule has 1 aliphatic carbocycles. The first-order chi connectivity index (χ1) is 10.3. The van der Waals surface area contributed by atoms with Crippen LogP contribution >= 0.6 is 24.0 Å². The van der Waals surface area contributed by atoms with Crippen molar-refractivity contribution in [2.75, 3.05) is 13.1 Å². The summed E-state index contributed by atoms with van der Waals surface area (Å²) in [6, 6.07) is 8.49. The Morgan fingerprint density at radius 2 is 1.77 bits per heavy atom. The largest absolute Gasteiger partial charge is 0.293 e. The number of hydrogen-bond acceptors (Lipinski definition) is 1. The average molecular weight is 340 g/mol. The lowest BCUT2D eigenvalue weighted by molar-refractivity contribution is 0.0947. The van der Waals surface area contributed by atoms with Crippen molar-refractivity contribution in [1.29, 1.82) is 0 Å². The minimum absolute atomic E-state index is 0. The van der Waals surface area contributed by atoms with Crippen LogP contribution in [0.4, 0.5) is 0 Å². The number of benzene rings is 1. The Balaban J connectivity index is 0.00000176. The molecule has 0 N–H and O–H groups in total. The first-order valence-electron chi connectivity index (χ1n) is 8.48. The number of hydrogen-bond donors (Lipinski definition) is 0. The molecule has 1 aromatic rings. The summed E-state index contributed by atoms with van der Waals surface area (Å²) in [6.45, 7) is 4.76. The zero-order chi connectivity index (χ0) is 14.7. The third-order valence-electron chi connectivity index (χ3n) is 5.18. The van der Waals surface area contributed by atoms with E-state index >= 15 is 0 Å². The molecule has 0 saturated heterocycles. The van der Waals surface area contributed by atoms with E-state index in [0.29, 0.717) is 5.54 Å². The predicted octanol–water partition coefficient (Wildman–Crippen LogP) is 5.96. The second-order valence-corrected chi connectivity index (χ2v) is 6.93. The van der Waals surface area contributed by atoms with Crippen molar-refractivity contribution in [2.45, 2.75) is 57.4 Å². The fraction of sp³-hybridized carbons (Fsp3) is 0.579. The van der Waals surface area contributed by atoms with Gasteiger partial charge in [-0.2, -0.15) is 0 Å². The highest BCUT2D eigenvalue weighted by Crippen LogP contribution is 2.46. The summed E-state index contributed by atoms with van der Waals surface area (Å²) in [7, 11) is 0. The molecule has 0 radical (unpaired) electrons. The quantitative estimate of drug-likeness (QED) is 0.656. The standard InChI is InChI=1S/C19H26ClN.ClH/c1-2-14-21-15-6-7-18(16-8-10-17(20)11-9-16)19(21)12-4-3-5-13-19;/h7-11H,2-6,12-15H2,1H3;1H. The van der Waals surface area contributed by atoms with Gasteiger partial charge in [0.2, 0.25) is 0 Å². The van der Waals surface area contributed by atoms with Crippen LogP contribution in [0.15, 0.2) is 30.3 Å². The van der Waals surface area contributed by atoms with Crippen LogP contribution in [0.3, 0.4) is 0 Å². The van der Waals surface area contributed by atoms with Crippen molar-refractivity contribution in [3.05, 3.63) is 40.9 Å². The van der Waals surface area contributed by atoms with E-state index < -0.39 is 0 Å². The highest BCUT2D eigenvalue weighted by Gasteiger charge is 2.42. The summed E-state index contributed by atoms with van der Waals surface area (Å²) in [5.41, 5.74) is 3.24. The van der Waals surface area contributed by atoms with Crippen LogP contribution in [0.2, 0.25) is 5.02 Å². The molecule has 3 rings (SSSR count). The lowest BCUT2D eigenvalue weighted by Crippen LogP contribution is -2.53. The zero-order valence-corrected chi connectivity index (χ0v) is 15.1. The maximum atomic E-state index is 6.08. The van der Waals surface area contributed by atoms with Crippen molar-refractivity contribution in [3.8, 4) is 0 Å². The molecule has 122 valence electrons. The van der Waals surface area contributed by atoms with Crippen LogP contribution in [-0.2, 0) is 0 Å². The summed E-state index contributed by atoms with van der Waals surface area (Å²) in [5.74, 6) is 0. The monoisotopic (exact) mass is 339 g/mol. The molecule has 3 heteroatoms. The first kappa shape index (κ1) is 17.8. The molecule has 1 heterocycles. The lowest BCUT2D eigenvalue weighted by Gasteiger charge is -2.50. The molecule has 0 atom stereocenters. The maximum Gasteiger partial charge on any atom is 0.0463 e. The van der Waals surface area contributed by atoms with Gasteiger partial charge < -0.3 is 0 Å². The Hall–Kier alpha value is -0.500. The normalized spacial score (nSPS) is 21.3. The summed E-state index contributed by atoms with van der Waals surface area (Å²) < 4.78 is 0. The number of nitrogens with zero attached hydrogens (tertiary/aromatic N) is 1. The molecule has 0 bridgehead atoms. The van der Waals surface area contributed by atoms with Crippen molar-refractivity contribution >= 4 is 29.6 Å². The first-order valence-corrected chi connectivity index (χ1v) is 8.86. The SMILES string of the molecule is CCCN1CCC=C(c2ccc(Cl)cc2)C12CCCCC2.Cl. The molecule has 1 fully saturated rings. The summed E-state index contributed by atoms with van der Waals surface area (Å²) in [6.07, 6.45) is 11.7. The Kier molecular flexibility index (Phi) is 6.37. The van der Waals surface area contributed by atoms with E-state index in [1.807, 2.05) is 12.1 Å². The molecule has 0 aromatic heterocycles. The van der Waals surface area contributed by atoms with E-state index in [0.717, 1.165) is 5.02 Å². The molecular formula is C19H27Cl2N. The molecule has 1 spiro atoms. The van der Waals surface area contributed by atoms with Crippen LogP contribution in [0, 0.1) is 0 Å². The van der Waals surface area contributed by atoms with E-state index in [1.165, 1.54) is 63.6 Å². The van der Waals surface area contributed by atoms with E-state index in [1.54, 1.807) is 5.57 Å². The van der Waals surface area contributed by atoms with Gasteiger partial charge in [0.05, 0.1) is 0 Å². The predicted molar refractivity (Wildman–Crippen MR) is 99.0 cm³/mol. The van der Waals surface area contributed by atoms with Crippen molar-refractivity contribution in [2.24, 2.45) is 0 Å². The van der Waals surface area contributed by atoms with Crippen molar-refractivity contribution in [1.82, 2.24) is 4.90 Å². The maximum absolute atomic E-state index is 6.08. The van der Waals surface area contributed by atoms with Gasteiger partial charge in [-0.25, -0.2) is 0 Å². The molecule has 22 heavy (non-hydrogen) atoms. The third kappa shape index (κ3) is 3.37. The van der Waals surface area contributed by atoms with Crippen LogP contribution in [0.1, 0.15) is 57.4 Å². The smallest absolute Gasteiger partial charge is 0.0463 e. The van der Waals surface area contributed by atoms with Crippen molar-refractivity contribution in [3.63, 3.8) is 0 Å². The fourth-order valence-electron chi connectivity index (χ4n) is 4.27. The Morgan fingerprint density at radius 1 is 1.09 bits per heavy atom. The molecule has 1 nitrogen and oxygen atoms in total. The second-order valence-electron chi connectivity index (χ2n) is 6.49. The minimum atomic E-state index is 0. The molecule has 0 amide bonds. The van der Waals surface area contributed by atoms with Gasteiger partial charge in [-0.3, -0.25) is 4.90 Å². The topological polar surface area (TPSA) is 3.24 Å². The molecule has 0 unspecified atom stereocenters. The van der Waals surface area contributed by atoms with Gasteiger partial charge in [0.15, 0.2) is 0 Å².